The van der Waals surface area contributed by atoms with Gasteiger partial charge in [-0.3, -0.25) is 0 Å². The highest BCUT2D eigenvalue weighted by Crippen LogP contribution is 2.28. The molecule has 1 aliphatic carbocycles. The van der Waals surface area contributed by atoms with Crippen LogP contribution in [0.3, 0.4) is 0 Å². The summed E-state index contributed by atoms with van der Waals surface area (Å²) in [4.78, 5) is 8.94. The van der Waals surface area contributed by atoms with Crippen molar-refractivity contribution in [3.05, 3.63) is 48.1 Å². The number of anilines is 1. The second-order valence-corrected chi connectivity index (χ2v) is 8.04. The molecule has 3 N–H and O–H groups in total. The molecule has 1 saturated carbocycles. The van der Waals surface area contributed by atoms with Gasteiger partial charge in [-0.25, -0.2) is 15.5 Å². The lowest BCUT2D eigenvalue weighted by molar-refractivity contribution is 0.312. The molecule has 0 aromatic carbocycles. The van der Waals surface area contributed by atoms with Crippen LogP contribution in [0.15, 0.2) is 42.0 Å². The number of nitrogens with zero attached hydrogens (tertiary/aromatic N) is 6. The van der Waals surface area contributed by atoms with Gasteiger partial charge in [-0.1, -0.05) is 6.42 Å². The molecule has 3 aromatic rings. The van der Waals surface area contributed by atoms with Crippen LogP contribution in [-0.2, 0) is 0 Å². The molecule has 0 bridgehead atoms. The molecular formula is C22H25N9. The second kappa shape index (κ2) is 8.92. The monoisotopic (exact) mass is 415 g/mol. The molecule has 0 unspecified atom stereocenters. The van der Waals surface area contributed by atoms with E-state index in [0.29, 0.717) is 28.6 Å². The number of nitriles is 1. The highest BCUT2D eigenvalue weighted by Gasteiger charge is 2.17. The van der Waals surface area contributed by atoms with Crippen molar-refractivity contribution in [1.82, 2.24) is 25.1 Å². The molecule has 31 heavy (non-hydrogen) atoms. The molecule has 9 heteroatoms. The molecule has 0 atom stereocenters. The van der Waals surface area contributed by atoms with E-state index in [9.17, 15) is 0 Å². The molecule has 0 radical (unpaired) electrons. The summed E-state index contributed by atoms with van der Waals surface area (Å²) in [5.74, 6) is 1.30. The first kappa shape index (κ1) is 20.5. The number of fused-ring (bicyclic) bond motifs is 1. The van der Waals surface area contributed by atoms with Crippen LogP contribution in [0.25, 0.3) is 22.5 Å². The quantitative estimate of drug-likeness (QED) is 0.473. The van der Waals surface area contributed by atoms with Crippen LogP contribution in [0.4, 0.5) is 5.69 Å². The van der Waals surface area contributed by atoms with Crippen molar-refractivity contribution < 1.29 is 0 Å². The summed E-state index contributed by atoms with van der Waals surface area (Å²) in [5.41, 5.74) is 10.8. The van der Waals surface area contributed by atoms with Gasteiger partial charge in [0.1, 0.15) is 11.8 Å². The van der Waals surface area contributed by atoms with Gasteiger partial charge >= 0.3 is 0 Å². The highest BCUT2D eigenvalue weighted by atomic mass is 15.3. The fourth-order valence-corrected chi connectivity index (χ4v) is 3.53. The molecule has 0 saturated heterocycles. The lowest BCUT2D eigenvalue weighted by Crippen LogP contribution is -2.24. The first-order valence-corrected chi connectivity index (χ1v) is 10.4. The Morgan fingerprint density at radius 2 is 2.16 bits per heavy atom. The van der Waals surface area contributed by atoms with Gasteiger partial charge in [0, 0.05) is 53.9 Å². The van der Waals surface area contributed by atoms with Crippen molar-refractivity contribution >= 4 is 22.4 Å². The molecular weight excluding hydrogens is 390 g/mol. The fraction of sp³-hybridized carbons (Fsp3) is 0.364. The molecule has 3 aromatic heterocycles. The zero-order valence-corrected chi connectivity index (χ0v) is 17.6. The van der Waals surface area contributed by atoms with E-state index < -0.39 is 0 Å². The van der Waals surface area contributed by atoms with Gasteiger partial charge in [-0.2, -0.15) is 20.2 Å². The molecule has 0 amide bonds. The van der Waals surface area contributed by atoms with Crippen molar-refractivity contribution in [3.8, 4) is 11.9 Å². The Labute approximate surface area is 180 Å². The molecule has 158 valence electrons. The summed E-state index contributed by atoms with van der Waals surface area (Å²) in [6.07, 6.45) is 10.5. The van der Waals surface area contributed by atoms with Crippen molar-refractivity contribution in [2.45, 2.75) is 39.2 Å². The Balaban J connectivity index is 1.69. The van der Waals surface area contributed by atoms with Crippen LogP contribution < -0.4 is 10.6 Å². The van der Waals surface area contributed by atoms with Crippen LogP contribution >= 0.6 is 0 Å². The smallest absolute Gasteiger partial charge is 0.164 e. The maximum Gasteiger partial charge on any atom is 0.164 e. The van der Waals surface area contributed by atoms with Gasteiger partial charge in [0.05, 0.1) is 11.8 Å². The Morgan fingerprint density at radius 3 is 2.84 bits per heavy atom. The minimum atomic E-state index is 0.176. The highest BCUT2D eigenvalue weighted by molar-refractivity contribution is 5.79. The van der Waals surface area contributed by atoms with E-state index in [-0.39, 0.29) is 6.04 Å². The number of hydrogen-bond acceptors (Lipinski definition) is 8. The van der Waals surface area contributed by atoms with Gasteiger partial charge in [-0.05, 0) is 38.7 Å². The van der Waals surface area contributed by atoms with Gasteiger partial charge in [0.2, 0.25) is 0 Å². The Bertz CT molecular complexity index is 1170. The first-order valence-electron chi connectivity index (χ1n) is 10.4. The minimum Gasteiger partial charge on any atom is -0.389 e. The summed E-state index contributed by atoms with van der Waals surface area (Å²) < 4.78 is 1.64. The Hall–Kier alpha value is -3.80. The van der Waals surface area contributed by atoms with Gasteiger partial charge < -0.3 is 10.6 Å². The van der Waals surface area contributed by atoms with Crippen molar-refractivity contribution in [2.24, 2.45) is 11.0 Å². The third-order valence-corrected chi connectivity index (χ3v) is 5.35. The third kappa shape index (κ3) is 4.38. The first-order chi connectivity index (χ1) is 15.1. The van der Waals surface area contributed by atoms with E-state index in [4.69, 9.17) is 10.8 Å². The van der Waals surface area contributed by atoms with Crippen molar-refractivity contribution in [2.75, 3.05) is 11.9 Å². The average molecular weight is 416 g/mol. The topological polar surface area (TPSA) is 128 Å². The zero-order valence-electron chi connectivity index (χ0n) is 17.6. The van der Waals surface area contributed by atoms with Crippen LogP contribution in [0.1, 0.15) is 44.2 Å². The largest absolute Gasteiger partial charge is 0.389 e. The minimum absolute atomic E-state index is 0.176. The summed E-state index contributed by atoms with van der Waals surface area (Å²) in [7, 11) is 0. The molecule has 1 aliphatic rings. The lowest BCUT2D eigenvalue weighted by atomic mass is 9.85. The number of hydrogen-bond donors (Lipinski definition) is 3. The number of rotatable bonds is 8. The van der Waals surface area contributed by atoms with Crippen LogP contribution in [0, 0.1) is 22.8 Å². The van der Waals surface area contributed by atoms with Gasteiger partial charge in [-0.15, -0.1) is 0 Å². The van der Waals surface area contributed by atoms with E-state index in [1.807, 2.05) is 19.9 Å². The number of aromatic nitrogens is 4. The Kier molecular flexibility index (Phi) is 5.89. The standard InChI is InChI=1S/C22H25N9/c1-14(2)29-19-7-21(31-22-17(11-28-31)6-16(8-23)10-27-22)26-12-18(19)20(30-24)13-25-9-15-4-3-5-15/h6-7,10-15,24-25H,3-5,9H2,1-2H3,(H,26,29)/b20-13-,30-24?. The number of pyridine rings is 2. The predicted octanol–water partition coefficient (Wildman–Crippen LogP) is 4.23. The van der Waals surface area contributed by atoms with Gasteiger partial charge in [0.25, 0.3) is 0 Å². The molecule has 9 nitrogen and oxygen atoms in total. The normalized spacial score (nSPS) is 14.3. The van der Waals surface area contributed by atoms with E-state index in [1.54, 1.807) is 29.3 Å². The third-order valence-electron chi connectivity index (χ3n) is 5.35. The van der Waals surface area contributed by atoms with E-state index in [2.05, 4.69) is 36.9 Å². The Morgan fingerprint density at radius 1 is 1.32 bits per heavy atom. The average Bonchev–Trinajstić information content (AvgIpc) is 3.15. The van der Waals surface area contributed by atoms with Crippen LogP contribution in [0.5, 0.6) is 0 Å². The summed E-state index contributed by atoms with van der Waals surface area (Å²) in [6.45, 7) is 5.00. The molecule has 1 fully saturated rings. The predicted molar refractivity (Wildman–Crippen MR) is 119 cm³/mol. The molecule has 4 rings (SSSR count). The van der Waals surface area contributed by atoms with E-state index in [1.165, 1.54) is 25.5 Å². The fourth-order valence-electron chi connectivity index (χ4n) is 3.53. The second-order valence-electron chi connectivity index (χ2n) is 8.04. The SMILES string of the molecule is CC(C)Nc1cc(-n2ncc3cc(C#N)cnc32)ncc1/C(=C/NCC1CCC1)N=N. The summed E-state index contributed by atoms with van der Waals surface area (Å²) in [5, 5.41) is 24.7. The number of nitrogens with one attached hydrogen (secondary N) is 3. The van der Waals surface area contributed by atoms with Crippen LogP contribution in [-0.4, -0.2) is 32.3 Å². The summed E-state index contributed by atoms with van der Waals surface area (Å²) in [6, 6.07) is 5.90. The van der Waals surface area contributed by atoms with E-state index >= 15 is 0 Å². The van der Waals surface area contributed by atoms with Crippen molar-refractivity contribution in [3.63, 3.8) is 0 Å². The maximum absolute atomic E-state index is 9.08. The van der Waals surface area contributed by atoms with Crippen molar-refractivity contribution in [1.29, 1.82) is 10.8 Å². The zero-order chi connectivity index (χ0) is 21.8. The van der Waals surface area contributed by atoms with E-state index in [0.717, 1.165) is 23.2 Å². The molecule has 0 aliphatic heterocycles. The molecule has 3 heterocycles. The van der Waals surface area contributed by atoms with Crippen LogP contribution in [0.2, 0.25) is 0 Å². The lowest BCUT2D eigenvalue weighted by Gasteiger charge is -2.25. The molecule has 0 spiro atoms. The summed E-state index contributed by atoms with van der Waals surface area (Å²) >= 11 is 0. The van der Waals surface area contributed by atoms with Gasteiger partial charge in [0.15, 0.2) is 11.5 Å². The maximum atomic E-state index is 9.08.